The van der Waals surface area contributed by atoms with Crippen molar-refractivity contribution in [2.45, 2.75) is 19.8 Å². The third kappa shape index (κ3) is 2.14. The maximum atomic E-state index is 10.8. The van der Waals surface area contributed by atoms with E-state index in [4.69, 9.17) is 5.11 Å². The highest BCUT2D eigenvalue weighted by molar-refractivity contribution is 5.88. The predicted molar refractivity (Wildman–Crippen MR) is 45.8 cm³/mol. The summed E-state index contributed by atoms with van der Waals surface area (Å²) in [6.45, 7) is 1.92. The van der Waals surface area contributed by atoms with Gasteiger partial charge in [-0.3, -0.25) is 4.79 Å². The Morgan fingerprint density at radius 3 is 2.92 bits per heavy atom. The number of rotatable bonds is 3. The first-order valence-corrected chi connectivity index (χ1v) is 3.97. The van der Waals surface area contributed by atoms with Crippen LogP contribution < -0.4 is 5.56 Å². The van der Waals surface area contributed by atoms with Gasteiger partial charge in [0.1, 0.15) is 0 Å². The minimum absolute atomic E-state index is 0.00870. The smallest absolute Gasteiger partial charge is 0.337 e. The molecule has 0 saturated carbocycles. The summed E-state index contributed by atoms with van der Waals surface area (Å²) in [5.41, 5.74) is -0.0718. The summed E-state index contributed by atoms with van der Waals surface area (Å²) < 4.78 is 0. The fourth-order valence-corrected chi connectivity index (χ4v) is 1.04. The molecule has 70 valence electrons. The number of aromatic nitrogens is 2. The van der Waals surface area contributed by atoms with Gasteiger partial charge in [-0.2, -0.15) is 5.10 Å². The zero-order valence-corrected chi connectivity index (χ0v) is 7.20. The average molecular weight is 182 g/mol. The van der Waals surface area contributed by atoms with Gasteiger partial charge in [0.05, 0.1) is 11.3 Å². The van der Waals surface area contributed by atoms with Gasteiger partial charge in [0, 0.05) is 6.07 Å². The molecule has 0 aliphatic heterocycles. The number of hydrogen-bond donors (Lipinski definition) is 2. The van der Waals surface area contributed by atoms with Crippen molar-refractivity contribution in [2.75, 3.05) is 0 Å². The van der Waals surface area contributed by atoms with Crippen molar-refractivity contribution in [3.05, 3.63) is 27.7 Å². The van der Waals surface area contributed by atoms with Crippen LogP contribution in [0.3, 0.4) is 0 Å². The molecule has 0 unspecified atom stereocenters. The Hall–Kier alpha value is -1.65. The van der Waals surface area contributed by atoms with Crippen LogP contribution in [0.25, 0.3) is 0 Å². The zero-order chi connectivity index (χ0) is 9.84. The van der Waals surface area contributed by atoms with Crippen molar-refractivity contribution >= 4 is 5.97 Å². The van der Waals surface area contributed by atoms with Gasteiger partial charge >= 0.3 is 5.97 Å². The van der Waals surface area contributed by atoms with Gasteiger partial charge in [-0.15, -0.1) is 0 Å². The zero-order valence-electron chi connectivity index (χ0n) is 7.20. The second-order valence-corrected chi connectivity index (χ2v) is 2.65. The standard InChI is InChI=1S/C8H10N2O3/c1-2-3-6-5(8(12)13)4-7(11)10-9-6/h4H,2-3H2,1H3,(H,10,11)(H,12,13). The average Bonchev–Trinajstić information content (AvgIpc) is 2.08. The van der Waals surface area contributed by atoms with E-state index in [1.54, 1.807) is 0 Å². The number of aromatic amines is 1. The molecule has 1 heterocycles. The van der Waals surface area contributed by atoms with Crippen LogP contribution >= 0.6 is 0 Å². The molecule has 0 aliphatic rings. The van der Waals surface area contributed by atoms with E-state index in [0.29, 0.717) is 12.1 Å². The summed E-state index contributed by atoms with van der Waals surface area (Å²) in [6.07, 6.45) is 1.34. The molecule has 0 fully saturated rings. The van der Waals surface area contributed by atoms with Crippen LogP contribution in [0.5, 0.6) is 0 Å². The number of aryl methyl sites for hydroxylation is 1. The fourth-order valence-electron chi connectivity index (χ4n) is 1.04. The Morgan fingerprint density at radius 1 is 1.69 bits per heavy atom. The number of hydrogen-bond acceptors (Lipinski definition) is 3. The first kappa shape index (κ1) is 9.44. The molecule has 0 bridgehead atoms. The number of H-pyrrole nitrogens is 1. The lowest BCUT2D eigenvalue weighted by Gasteiger charge is -2.00. The molecule has 1 aromatic rings. The van der Waals surface area contributed by atoms with Crippen LogP contribution in [0.1, 0.15) is 29.4 Å². The maximum Gasteiger partial charge on any atom is 0.337 e. The molecule has 0 atom stereocenters. The molecule has 5 nitrogen and oxygen atoms in total. The summed E-state index contributed by atoms with van der Waals surface area (Å²) in [5, 5.41) is 14.6. The Labute approximate surface area is 74.4 Å². The monoisotopic (exact) mass is 182 g/mol. The van der Waals surface area contributed by atoms with Crippen molar-refractivity contribution in [3.63, 3.8) is 0 Å². The van der Waals surface area contributed by atoms with Crippen molar-refractivity contribution in [3.8, 4) is 0 Å². The number of carbonyl (C=O) groups is 1. The second kappa shape index (κ2) is 3.84. The Kier molecular flexibility index (Phi) is 2.79. The lowest BCUT2D eigenvalue weighted by molar-refractivity contribution is 0.0694. The van der Waals surface area contributed by atoms with E-state index < -0.39 is 11.5 Å². The molecule has 0 aliphatic carbocycles. The Morgan fingerprint density at radius 2 is 2.38 bits per heavy atom. The summed E-state index contributed by atoms with van der Waals surface area (Å²) >= 11 is 0. The number of nitrogens with one attached hydrogen (secondary N) is 1. The van der Waals surface area contributed by atoms with Crippen LogP contribution in [0.15, 0.2) is 10.9 Å². The predicted octanol–water partition coefficient (Wildman–Crippen LogP) is 0.421. The number of aromatic carboxylic acids is 1. The van der Waals surface area contributed by atoms with E-state index in [1.807, 2.05) is 6.92 Å². The Bertz CT molecular complexity index is 370. The number of carboxylic acids is 1. The van der Waals surface area contributed by atoms with E-state index in [2.05, 4.69) is 10.2 Å². The van der Waals surface area contributed by atoms with Gasteiger partial charge in [0.15, 0.2) is 0 Å². The summed E-state index contributed by atoms with van der Waals surface area (Å²) in [6, 6.07) is 1.06. The molecular weight excluding hydrogens is 172 g/mol. The van der Waals surface area contributed by atoms with Crippen molar-refractivity contribution in [2.24, 2.45) is 0 Å². The lowest BCUT2D eigenvalue weighted by Crippen LogP contribution is -2.15. The Balaban J connectivity index is 3.18. The number of carboxylic acid groups (broad SMARTS) is 1. The highest BCUT2D eigenvalue weighted by Crippen LogP contribution is 2.04. The van der Waals surface area contributed by atoms with E-state index in [9.17, 15) is 9.59 Å². The molecule has 1 aromatic heterocycles. The number of nitrogens with zero attached hydrogens (tertiary/aromatic N) is 1. The van der Waals surface area contributed by atoms with Crippen LogP contribution in [0.4, 0.5) is 0 Å². The van der Waals surface area contributed by atoms with Gasteiger partial charge in [-0.1, -0.05) is 13.3 Å². The van der Waals surface area contributed by atoms with E-state index in [-0.39, 0.29) is 5.56 Å². The SMILES string of the molecule is CCCc1n[nH]c(=O)cc1C(=O)O. The van der Waals surface area contributed by atoms with Gasteiger partial charge in [0.2, 0.25) is 0 Å². The largest absolute Gasteiger partial charge is 0.478 e. The van der Waals surface area contributed by atoms with Gasteiger partial charge in [0.25, 0.3) is 5.56 Å². The van der Waals surface area contributed by atoms with Crippen molar-refractivity contribution < 1.29 is 9.90 Å². The molecule has 0 aromatic carbocycles. The topological polar surface area (TPSA) is 83.0 Å². The molecule has 2 N–H and O–H groups in total. The van der Waals surface area contributed by atoms with E-state index in [0.717, 1.165) is 12.5 Å². The first-order valence-electron chi connectivity index (χ1n) is 3.97. The summed E-state index contributed by atoms with van der Waals surface area (Å²) in [7, 11) is 0. The molecule has 0 spiro atoms. The summed E-state index contributed by atoms with van der Waals surface area (Å²) in [5.74, 6) is -1.11. The molecule has 1 rings (SSSR count). The molecule has 0 radical (unpaired) electrons. The van der Waals surface area contributed by atoms with Crippen LogP contribution in [0.2, 0.25) is 0 Å². The quantitative estimate of drug-likeness (QED) is 0.709. The highest BCUT2D eigenvalue weighted by atomic mass is 16.4. The van der Waals surface area contributed by atoms with Crippen molar-refractivity contribution in [1.29, 1.82) is 0 Å². The molecule has 0 amide bonds. The summed E-state index contributed by atoms with van der Waals surface area (Å²) in [4.78, 5) is 21.4. The van der Waals surface area contributed by atoms with E-state index >= 15 is 0 Å². The molecule has 13 heavy (non-hydrogen) atoms. The minimum atomic E-state index is -1.11. The lowest BCUT2D eigenvalue weighted by atomic mass is 10.1. The fraction of sp³-hybridized carbons (Fsp3) is 0.375. The minimum Gasteiger partial charge on any atom is -0.478 e. The van der Waals surface area contributed by atoms with Gasteiger partial charge in [-0.25, -0.2) is 9.89 Å². The van der Waals surface area contributed by atoms with Gasteiger partial charge in [-0.05, 0) is 6.42 Å². The van der Waals surface area contributed by atoms with Crippen LogP contribution in [-0.2, 0) is 6.42 Å². The molecular formula is C8H10N2O3. The van der Waals surface area contributed by atoms with Gasteiger partial charge < -0.3 is 5.11 Å². The first-order chi connectivity index (χ1) is 6.15. The highest BCUT2D eigenvalue weighted by Gasteiger charge is 2.10. The van der Waals surface area contributed by atoms with Crippen LogP contribution in [-0.4, -0.2) is 21.3 Å². The maximum absolute atomic E-state index is 10.8. The molecule has 5 heteroatoms. The van der Waals surface area contributed by atoms with Crippen molar-refractivity contribution in [1.82, 2.24) is 10.2 Å². The third-order valence-electron chi connectivity index (χ3n) is 1.60. The second-order valence-electron chi connectivity index (χ2n) is 2.65. The van der Waals surface area contributed by atoms with Crippen LogP contribution in [0, 0.1) is 0 Å². The molecule has 0 saturated heterocycles. The van der Waals surface area contributed by atoms with E-state index in [1.165, 1.54) is 0 Å². The normalized spacial score (nSPS) is 9.92. The third-order valence-corrected chi connectivity index (χ3v) is 1.60.